The molecule has 130 valence electrons. The first-order valence-electron chi connectivity index (χ1n) is 7.56. The van der Waals surface area contributed by atoms with E-state index in [1.165, 1.54) is 0 Å². The highest BCUT2D eigenvalue weighted by molar-refractivity contribution is 5.85. The van der Waals surface area contributed by atoms with Crippen LogP contribution in [0.1, 0.15) is 40.5 Å². The number of nitrogens with one attached hydrogen (secondary N) is 2. The highest BCUT2D eigenvalue weighted by atomic mass is 35.5. The van der Waals surface area contributed by atoms with Crippen LogP contribution in [0.4, 0.5) is 0 Å². The van der Waals surface area contributed by atoms with Crippen LogP contribution in [0.2, 0.25) is 0 Å². The van der Waals surface area contributed by atoms with Crippen LogP contribution in [0.15, 0.2) is 0 Å². The molecule has 3 N–H and O–H groups in total. The number of hydrogen-bond donors (Lipinski definition) is 3. The molecule has 0 aromatic rings. The predicted molar refractivity (Wildman–Crippen MR) is 89.4 cm³/mol. The number of carboxylic acid groups (broad SMARTS) is 1. The molecule has 1 amide bonds. The van der Waals surface area contributed by atoms with Crippen LogP contribution in [0, 0.1) is 5.41 Å². The van der Waals surface area contributed by atoms with E-state index in [4.69, 9.17) is 5.11 Å². The average Bonchev–Trinajstić information content (AvgIpc) is 2.67. The van der Waals surface area contributed by atoms with Crippen molar-refractivity contribution in [1.82, 2.24) is 15.5 Å². The van der Waals surface area contributed by atoms with Gasteiger partial charge in [0.1, 0.15) is 0 Å². The lowest BCUT2D eigenvalue weighted by Crippen LogP contribution is -2.47. The molecule has 6 nitrogen and oxygen atoms in total. The Morgan fingerprint density at radius 1 is 1.32 bits per heavy atom. The van der Waals surface area contributed by atoms with E-state index in [0.717, 1.165) is 19.4 Å². The number of nitrogens with zero attached hydrogens (tertiary/aromatic N) is 1. The highest BCUT2D eigenvalue weighted by Crippen LogP contribution is 2.20. The fraction of sp³-hybridized carbons (Fsp3) is 0.867. The summed E-state index contributed by atoms with van der Waals surface area (Å²) in [6.45, 7) is 11.0. The Bertz CT molecular complexity index is 385. The van der Waals surface area contributed by atoms with Crippen molar-refractivity contribution >= 4 is 24.3 Å². The van der Waals surface area contributed by atoms with Gasteiger partial charge in [-0.1, -0.05) is 20.8 Å². The third kappa shape index (κ3) is 8.56. The minimum atomic E-state index is -0.852. The molecule has 1 unspecified atom stereocenters. The second-order valence-electron chi connectivity index (χ2n) is 7.43. The van der Waals surface area contributed by atoms with Crippen molar-refractivity contribution in [2.45, 2.75) is 46.1 Å². The topological polar surface area (TPSA) is 81.7 Å². The van der Waals surface area contributed by atoms with Gasteiger partial charge in [0.05, 0.1) is 13.1 Å². The quantitative estimate of drug-likeness (QED) is 0.649. The maximum atomic E-state index is 11.9. The summed E-state index contributed by atoms with van der Waals surface area (Å²) in [6, 6.07) is 0. The maximum Gasteiger partial charge on any atom is 0.317 e. The van der Waals surface area contributed by atoms with Gasteiger partial charge in [-0.25, -0.2) is 0 Å². The fourth-order valence-corrected chi connectivity index (χ4v) is 2.46. The number of carboxylic acids is 1. The van der Waals surface area contributed by atoms with E-state index in [-0.39, 0.29) is 35.8 Å². The Morgan fingerprint density at radius 3 is 2.50 bits per heavy atom. The van der Waals surface area contributed by atoms with Gasteiger partial charge in [-0.15, -0.1) is 12.4 Å². The molecule has 0 bridgehead atoms. The van der Waals surface area contributed by atoms with Gasteiger partial charge in [0, 0.05) is 25.2 Å². The largest absolute Gasteiger partial charge is 0.480 e. The monoisotopic (exact) mass is 335 g/mol. The Balaban J connectivity index is 0.00000441. The first-order valence-corrected chi connectivity index (χ1v) is 7.56. The van der Waals surface area contributed by atoms with Crippen molar-refractivity contribution in [3.8, 4) is 0 Å². The lowest BCUT2D eigenvalue weighted by molar-refractivity contribution is -0.136. The van der Waals surface area contributed by atoms with Gasteiger partial charge in [0.25, 0.3) is 0 Å². The lowest BCUT2D eigenvalue weighted by atomic mass is 9.92. The Kier molecular flexibility index (Phi) is 8.36. The van der Waals surface area contributed by atoms with Gasteiger partial charge in [-0.05, 0) is 25.2 Å². The highest BCUT2D eigenvalue weighted by Gasteiger charge is 2.34. The summed E-state index contributed by atoms with van der Waals surface area (Å²) >= 11 is 0. The van der Waals surface area contributed by atoms with Crippen LogP contribution in [0.5, 0.6) is 0 Å². The second kappa shape index (κ2) is 8.70. The second-order valence-corrected chi connectivity index (χ2v) is 7.43. The van der Waals surface area contributed by atoms with Crippen molar-refractivity contribution in [1.29, 1.82) is 0 Å². The zero-order chi connectivity index (χ0) is 16.1. The molecular formula is C15H30ClN3O3. The SMILES string of the molecule is CC(C)(C)CCNC(=O)CN1CCC(C)(NCC(=O)O)C1.Cl. The third-order valence-corrected chi connectivity index (χ3v) is 3.78. The molecule has 0 aromatic heterocycles. The maximum absolute atomic E-state index is 11.9. The molecule has 0 radical (unpaired) electrons. The van der Waals surface area contributed by atoms with Crippen LogP contribution >= 0.6 is 12.4 Å². The molecule has 22 heavy (non-hydrogen) atoms. The van der Waals surface area contributed by atoms with Crippen LogP contribution in [-0.2, 0) is 9.59 Å². The van der Waals surface area contributed by atoms with E-state index >= 15 is 0 Å². The summed E-state index contributed by atoms with van der Waals surface area (Å²) in [7, 11) is 0. The standard InChI is InChI=1S/C15H29N3O3.ClH/c1-14(2,3)5-7-16-12(19)10-18-8-6-15(4,11-18)17-9-13(20)21;/h17H,5-11H2,1-4H3,(H,16,19)(H,20,21);1H. The van der Waals surface area contributed by atoms with Gasteiger partial charge in [-0.3, -0.25) is 14.5 Å². The van der Waals surface area contributed by atoms with Crippen LogP contribution in [-0.4, -0.2) is 60.1 Å². The van der Waals surface area contributed by atoms with Gasteiger partial charge >= 0.3 is 5.97 Å². The summed E-state index contributed by atoms with van der Waals surface area (Å²) in [5, 5.41) is 14.7. The number of likely N-dealkylation sites (tertiary alicyclic amines) is 1. The molecule has 0 aliphatic carbocycles. The van der Waals surface area contributed by atoms with Gasteiger partial charge in [0.2, 0.25) is 5.91 Å². The molecule has 0 spiro atoms. The van der Waals surface area contributed by atoms with E-state index < -0.39 is 5.97 Å². The van der Waals surface area contributed by atoms with Gasteiger partial charge in [0.15, 0.2) is 0 Å². The molecule has 0 aromatic carbocycles. The normalized spacial score (nSPS) is 22.2. The van der Waals surface area contributed by atoms with E-state index in [1.807, 2.05) is 6.92 Å². The Labute approximate surface area is 139 Å². The van der Waals surface area contributed by atoms with Gasteiger partial charge < -0.3 is 15.7 Å². The van der Waals surface area contributed by atoms with E-state index in [2.05, 4.69) is 36.3 Å². The zero-order valence-electron chi connectivity index (χ0n) is 14.1. The van der Waals surface area contributed by atoms with Crippen molar-refractivity contribution in [2.24, 2.45) is 5.41 Å². The molecule has 1 aliphatic rings. The van der Waals surface area contributed by atoms with Crippen LogP contribution in [0.25, 0.3) is 0 Å². The number of halogens is 1. The minimum absolute atomic E-state index is 0. The molecule has 1 rings (SSSR count). The summed E-state index contributed by atoms with van der Waals surface area (Å²) in [6.07, 6.45) is 1.81. The fourth-order valence-electron chi connectivity index (χ4n) is 2.46. The molecule has 7 heteroatoms. The molecule has 1 fully saturated rings. The van der Waals surface area contributed by atoms with Gasteiger partial charge in [-0.2, -0.15) is 0 Å². The minimum Gasteiger partial charge on any atom is -0.480 e. The van der Waals surface area contributed by atoms with Crippen LogP contribution < -0.4 is 10.6 Å². The smallest absolute Gasteiger partial charge is 0.317 e. The van der Waals surface area contributed by atoms with E-state index in [0.29, 0.717) is 19.6 Å². The number of aliphatic carboxylic acids is 1. The Hall–Kier alpha value is -0.850. The number of carbonyl (C=O) groups excluding carboxylic acids is 1. The van der Waals surface area contributed by atoms with Crippen molar-refractivity contribution in [3.63, 3.8) is 0 Å². The Morgan fingerprint density at radius 2 is 1.95 bits per heavy atom. The van der Waals surface area contributed by atoms with Crippen molar-refractivity contribution < 1.29 is 14.7 Å². The molecular weight excluding hydrogens is 306 g/mol. The summed E-state index contributed by atoms with van der Waals surface area (Å²) in [5.74, 6) is -0.809. The number of carbonyl (C=O) groups is 2. The van der Waals surface area contributed by atoms with Crippen LogP contribution in [0.3, 0.4) is 0 Å². The number of rotatable bonds is 7. The first kappa shape index (κ1) is 21.1. The van der Waals surface area contributed by atoms with E-state index in [1.54, 1.807) is 0 Å². The molecule has 1 saturated heterocycles. The molecule has 1 heterocycles. The summed E-state index contributed by atoms with van der Waals surface area (Å²) in [5.41, 5.74) is 0.00429. The molecule has 0 saturated carbocycles. The average molecular weight is 336 g/mol. The zero-order valence-corrected chi connectivity index (χ0v) is 14.9. The summed E-state index contributed by atoms with van der Waals surface area (Å²) < 4.78 is 0. The number of amides is 1. The molecule has 1 atom stereocenters. The lowest BCUT2D eigenvalue weighted by Gasteiger charge is -2.25. The van der Waals surface area contributed by atoms with Crippen molar-refractivity contribution in [2.75, 3.05) is 32.7 Å². The number of hydrogen-bond acceptors (Lipinski definition) is 4. The third-order valence-electron chi connectivity index (χ3n) is 3.78. The van der Waals surface area contributed by atoms with Crippen molar-refractivity contribution in [3.05, 3.63) is 0 Å². The first-order chi connectivity index (χ1) is 9.60. The molecule has 1 aliphatic heterocycles. The van der Waals surface area contributed by atoms with E-state index in [9.17, 15) is 9.59 Å². The summed E-state index contributed by atoms with van der Waals surface area (Å²) in [4.78, 5) is 24.6. The predicted octanol–water partition coefficient (Wildman–Crippen LogP) is 1.10.